The van der Waals surface area contributed by atoms with E-state index < -0.39 is 0 Å². The fourth-order valence-electron chi connectivity index (χ4n) is 1.62. The van der Waals surface area contributed by atoms with Crippen molar-refractivity contribution in [2.45, 2.75) is 13.0 Å². The Kier molecular flexibility index (Phi) is 5.56. The molecule has 15 heavy (non-hydrogen) atoms. The second-order valence-electron chi connectivity index (χ2n) is 3.25. The molecule has 0 saturated carbocycles. The zero-order valence-corrected chi connectivity index (χ0v) is 10.4. The lowest BCUT2D eigenvalue weighted by Crippen LogP contribution is -2.35. The minimum absolute atomic E-state index is 0.156. The van der Waals surface area contributed by atoms with Gasteiger partial charge in [0.15, 0.2) is 0 Å². The van der Waals surface area contributed by atoms with Gasteiger partial charge in [0.05, 0.1) is 17.0 Å². The maximum absolute atomic E-state index is 8.96. The monoisotopic (exact) mass is 248 g/mol. The second-order valence-corrected chi connectivity index (χ2v) is 4.99. The number of likely N-dealkylation sites (N-methyl/N-ethyl adjacent to an activating group) is 1. The number of hydrogen-bond acceptors (Lipinski definition) is 4. The number of rotatable bonds is 6. The summed E-state index contributed by atoms with van der Waals surface area (Å²) in [6.45, 7) is 4.29. The van der Waals surface area contributed by atoms with Gasteiger partial charge in [-0.3, -0.25) is 4.90 Å². The Hall–Kier alpha value is -0.130. The maximum Gasteiger partial charge on any atom is 0.0931 e. The molecule has 0 fully saturated rings. The summed E-state index contributed by atoms with van der Waals surface area (Å²) >= 11 is 7.45. The van der Waals surface area contributed by atoms with Gasteiger partial charge in [0.25, 0.3) is 0 Å². The molecule has 0 aliphatic rings. The van der Waals surface area contributed by atoms with Crippen LogP contribution in [-0.2, 0) is 0 Å². The fraction of sp³-hybridized carbons (Fsp3) is 0.600. The lowest BCUT2D eigenvalue weighted by Gasteiger charge is -2.28. The van der Waals surface area contributed by atoms with E-state index in [1.807, 2.05) is 12.1 Å². The van der Waals surface area contributed by atoms with Gasteiger partial charge in [0, 0.05) is 18.0 Å². The van der Waals surface area contributed by atoms with Crippen molar-refractivity contribution in [1.29, 1.82) is 0 Å². The van der Waals surface area contributed by atoms with Gasteiger partial charge in [-0.25, -0.2) is 0 Å². The van der Waals surface area contributed by atoms with Crippen molar-refractivity contribution in [2.75, 3.05) is 26.2 Å². The highest BCUT2D eigenvalue weighted by Crippen LogP contribution is 2.29. The third-order valence-corrected chi connectivity index (χ3v) is 3.71. The van der Waals surface area contributed by atoms with Crippen LogP contribution in [0.5, 0.6) is 0 Å². The van der Waals surface area contributed by atoms with Crippen molar-refractivity contribution in [3.63, 3.8) is 0 Å². The molecule has 0 bridgehead atoms. The molecule has 3 N–H and O–H groups in total. The molecule has 0 aromatic carbocycles. The summed E-state index contributed by atoms with van der Waals surface area (Å²) in [4.78, 5) is 3.32. The molecule has 0 aliphatic carbocycles. The molecule has 0 radical (unpaired) electrons. The van der Waals surface area contributed by atoms with Crippen molar-refractivity contribution in [1.82, 2.24) is 4.90 Å². The highest BCUT2D eigenvalue weighted by atomic mass is 35.5. The first-order valence-corrected chi connectivity index (χ1v) is 6.22. The van der Waals surface area contributed by atoms with Gasteiger partial charge in [-0.05, 0) is 18.7 Å². The molecule has 1 aromatic rings. The van der Waals surface area contributed by atoms with Crippen LogP contribution < -0.4 is 5.73 Å². The Labute approximate surface area is 99.5 Å². The zero-order valence-electron chi connectivity index (χ0n) is 8.82. The van der Waals surface area contributed by atoms with E-state index in [9.17, 15) is 0 Å². The van der Waals surface area contributed by atoms with Crippen molar-refractivity contribution in [3.8, 4) is 0 Å². The summed E-state index contributed by atoms with van der Waals surface area (Å²) in [7, 11) is 0. The van der Waals surface area contributed by atoms with E-state index in [4.69, 9.17) is 22.4 Å². The second kappa shape index (κ2) is 6.45. The van der Waals surface area contributed by atoms with Crippen molar-refractivity contribution in [3.05, 3.63) is 21.3 Å². The van der Waals surface area contributed by atoms with Gasteiger partial charge in [0.1, 0.15) is 0 Å². The minimum Gasteiger partial charge on any atom is -0.395 e. The Morgan fingerprint density at radius 3 is 2.73 bits per heavy atom. The van der Waals surface area contributed by atoms with Gasteiger partial charge in [-0.1, -0.05) is 18.5 Å². The number of halogens is 1. The van der Waals surface area contributed by atoms with Crippen molar-refractivity contribution >= 4 is 22.9 Å². The summed E-state index contributed by atoms with van der Waals surface area (Å²) in [6.07, 6.45) is 0. The van der Waals surface area contributed by atoms with Crippen molar-refractivity contribution < 1.29 is 5.11 Å². The molecule has 1 heterocycles. The molecule has 86 valence electrons. The fourth-order valence-corrected chi connectivity index (χ4v) is 2.82. The van der Waals surface area contributed by atoms with Gasteiger partial charge >= 0.3 is 0 Å². The summed E-state index contributed by atoms with van der Waals surface area (Å²) in [5, 5.41) is 8.96. The number of thiophene rings is 1. The first kappa shape index (κ1) is 12.9. The molecule has 0 saturated heterocycles. The van der Waals surface area contributed by atoms with E-state index in [-0.39, 0.29) is 12.6 Å². The van der Waals surface area contributed by atoms with E-state index in [1.165, 1.54) is 0 Å². The van der Waals surface area contributed by atoms with Crippen LogP contribution in [0.4, 0.5) is 0 Å². The molecule has 1 unspecified atom stereocenters. The normalized spacial score (nSPS) is 13.4. The van der Waals surface area contributed by atoms with Crippen LogP contribution in [0, 0.1) is 0 Å². The summed E-state index contributed by atoms with van der Waals surface area (Å²) < 4.78 is 0.781. The number of nitrogens with two attached hydrogens (primary N) is 1. The van der Waals surface area contributed by atoms with Gasteiger partial charge < -0.3 is 10.8 Å². The summed E-state index contributed by atoms with van der Waals surface area (Å²) in [5.41, 5.74) is 5.76. The van der Waals surface area contributed by atoms with Crippen LogP contribution in [0.25, 0.3) is 0 Å². The summed E-state index contributed by atoms with van der Waals surface area (Å²) in [6, 6.07) is 4.06. The van der Waals surface area contributed by atoms with Crippen LogP contribution in [0.2, 0.25) is 4.34 Å². The maximum atomic E-state index is 8.96. The molecule has 5 heteroatoms. The SMILES string of the molecule is CCN(CCO)C(CN)c1ccc(Cl)s1. The Morgan fingerprint density at radius 1 is 1.60 bits per heavy atom. The van der Waals surface area contributed by atoms with Gasteiger partial charge in [-0.15, -0.1) is 11.3 Å². The van der Waals surface area contributed by atoms with Crippen LogP contribution >= 0.6 is 22.9 Å². The summed E-state index contributed by atoms with van der Waals surface area (Å²) in [5.74, 6) is 0. The first-order chi connectivity index (χ1) is 7.22. The van der Waals surface area contributed by atoms with Gasteiger partial charge in [-0.2, -0.15) is 0 Å². The lowest BCUT2D eigenvalue weighted by atomic mass is 10.2. The first-order valence-electron chi connectivity index (χ1n) is 5.03. The number of nitrogens with zero attached hydrogens (tertiary/aromatic N) is 1. The lowest BCUT2D eigenvalue weighted by molar-refractivity contribution is 0.161. The largest absolute Gasteiger partial charge is 0.395 e. The predicted molar refractivity (Wildman–Crippen MR) is 65.5 cm³/mol. The minimum atomic E-state index is 0.156. The van der Waals surface area contributed by atoms with E-state index in [2.05, 4.69) is 11.8 Å². The van der Waals surface area contributed by atoms with E-state index in [0.717, 1.165) is 15.8 Å². The number of aliphatic hydroxyl groups is 1. The molecule has 1 rings (SSSR count). The molecule has 0 amide bonds. The predicted octanol–water partition coefficient (Wildman–Crippen LogP) is 1.72. The van der Waals surface area contributed by atoms with E-state index >= 15 is 0 Å². The Bertz CT molecular complexity index is 293. The molecule has 0 spiro atoms. The number of aliphatic hydroxyl groups excluding tert-OH is 1. The standard InChI is InChI=1S/C10H17ClN2OS/c1-2-13(5-6-14)8(7-12)9-3-4-10(11)15-9/h3-4,8,14H,2,5-7,12H2,1H3. The average molecular weight is 249 g/mol. The highest BCUT2D eigenvalue weighted by molar-refractivity contribution is 7.16. The smallest absolute Gasteiger partial charge is 0.0931 e. The van der Waals surface area contributed by atoms with Crippen LogP contribution in [0.15, 0.2) is 12.1 Å². The molecule has 1 atom stereocenters. The highest BCUT2D eigenvalue weighted by Gasteiger charge is 2.18. The molecule has 1 aromatic heterocycles. The third kappa shape index (κ3) is 3.43. The van der Waals surface area contributed by atoms with E-state index in [1.54, 1.807) is 11.3 Å². The van der Waals surface area contributed by atoms with Crippen molar-refractivity contribution in [2.24, 2.45) is 5.73 Å². The molecule has 0 aliphatic heterocycles. The van der Waals surface area contributed by atoms with Crippen LogP contribution in [0.1, 0.15) is 17.8 Å². The quantitative estimate of drug-likeness (QED) is 0.806. The Balaban J connectivity index is 2.76. The zero-order chi connectivity index (χ0) is 11.3. The third-order valence-electron chi connectivity index (χ3n) is 2.38. The molecule has 3 nitrogen and oxygen atoms in total. The molecular formula is C10H17ClN2OS. The Morgan fingerprint density at radius 2 is 2.33 bits per heavy atom. The topological polar surface area (TPSA) is 49.5 Å². The van der Waals surface area contributed by atoms with Gasteiger partial charge in [0.2, 0.25) is 0 Å². The number of hydrogen-bond donors (Lipinski definition) is 2. The average Bonchev–Trinajstić information content (AvgIpc) is 2.64. The van der Waals surface area contributed by atoms with Crippen LogP contribution in [0.3, 0.4) is 0 Å². The van der Waals surface area contributed by atoms with Crippen LogP contribution in [-0.4, -0.2) is 36.2 Å². The van der Waals surface area contributed by atoms with E-state index in [0.29, 0.717) is 13.1 Å². The molecular weight excluding hydrogens is 232 g/mol.